The van der Waals surface area contributed by atoms with Gasteiger partial charge in [0.15, 0.2) is 0 Å². The Balaban J connectivity index is 1.65. The molecular weight excluding hydrogens is 298 g/mol. The first-order valence-electron chi connectivity index (χ1n) is 9.96. The van der Waals surface area contributed by atoms with Crippen molar-refractivity contribution in [3.05, 3.63) is 11.6 Å². The molecule has 3 fully saturated rings. The maximum Gasteiger partial charge on any atom is 0.0577 e. The van der Waals surface area contributed by atoms with Gasteiger partial charge in [-0.25, -0.2) is 0 Å². The number of allylic oxidation sites excluding steroid dienone is 1. The van der Waals surface area contributed by atoms with Crippen molar-refractivity contribution < 1.29 is 10.3 Å². The van der Waals surface area contributed by atoms with E-state index in [1.165, 1.54) is 32.1 Å². The van der Waals surface area contributed by atoms with Gasteiger partial charge < -0.3 is 10.3 Å². The van der Waals surface area contributed by atoms with E-state index in [-0.39, 0.29) is 6.10 Å². The fraction of sp³-hybridized carbons (Fsp3) is 0.857. The normalized spacial score (nSPS) is 51.4. The maximum absolute atomic E-state index is 10.1. The first-order chi connectivity index (χ1) is 11.4. The summed E-state index contributed by atoms with van der Waals surface area (Å²) in [5.74, 6) is 2.79. The summed E-state index contributed by atoms with van der Waals surface area (Å²) in [6.07, 6.45) is 11.7. The van der Waals surface area contributed by atoms with Crippen molar-refractivity contribution in [3.8, 4) is 0 Å². The Morgan fingerprint density at radius 1 is 1.12 bits per heavy atom. The molecule has 4 aliphatic rings. The predicted octanol–water partition coefficient (Wildman–Crippen LogP) is 4.78. The van der Waals surface area contributed by atoms with Gasteiger partial charge in [-0.2, -0.15) is 0 Å². The molecule has 0 aromatic rings. The summed E-state index contributed by atoms with van der Waals surface area (Å²) in [7, 11) is 0. The van der Waals surface area contributed by atoms with E-state index in [1.807, 2.05) is 6.92 Å². The van der Waals surface area contributed by atoms with Crippen LogP contribution in [0.25, 0.3) is 0 Å². The van der Waals surface area contributed by atoms with Crippen LogP contribution in [0, 0.1) is 34.5 Å². The number of hydrogen-bond acceptors (Lipinski definition) is 3. The summed E-state index contributed by atoms with van der Waals surface area (Å²) in [4.78, 5) is 0. The zero-order valence-corrected chi connectivity index (χ0v) is 15.5. The molecule has 0 radical (unpaired) electrons. The highest BCUT2D eigenvalue weighted by Crippen LogP contribution is 2.66. The molecule has 0 amide bonds. The average molecular weight is 332 g/mol. The van der Waals surface area contributed by atoms with E-state index in [0.717, 1.165) is 42.7 Å². The Labute approximate surface area is 146 Å². The minimum atomic E-state index is -0.117. The van der Waals surface area contributed by atoms with Crippen LogP contribution in [0.5, 0.6) is 0 Å². The lowest BCUT2D eigenvalue weighted by Crippen LogP contribution is -2.50. The van der Waals surface area contributed by atoms with Gasteiger partial charge in [-0.3, -0.25) is 0 Å². The number of aliphatic hydroxyl groups excluding tert-OH is 1. The summed E-state index contributed by atoms with van der Waals surface area (Å²) in [6, 6.07) is 0. The lowest BCUT2D eigenvalue weighted by atomic mass is 9.47. The number of rotatable bonds is 1. The van der Waals surface area contributed by atoms with Crippen LogP contribution >= 0.6 is 0 Å². The molecule has 0 saturated heterocycles. The zero-order valence-electron chi connectivity index (χ0n) is 15.5. The summed E-state index contributed by atoms with van der Waals surface area (Å²) >= 11 is 0. The van der Waals surface area contributed by atoms with Crippen LogP contribution in [0.2, 0.25) is 0 Å². The fourth-order valence-corrected chi connectivity index (χ4v) is 7.40. The van der Waals surface area contributed by atoms with E-state index in [1.54, 1.807) is 5.57 Å². The molecule has 134 valence electrons. The van der Waals surface area contributed by atoms with Gasteiger partial charge >= 0.3 is 0 Å². The van der Waals surface area contributed by atoms with Crippen molar-refractivity contribution in [2.24, 2.45) is 39.7 Å². The maximum atomic E-state index is 10.1. The van der Waals surface area contributed by atoms with Gasteiger partial charge in [0.25, 0.3) is 0 Å². The second-order valence-corrected chi connectivity index (χ2v) is 9.57. The van der Waals surface area contributed by atoms with Crippen LogP contribution in [0.4, 0.5) is 0 Å². The Kier molecular flexibility index (Phi) is 3.87. The SMILES string of the molecule is C/C(=N\O)[C@H]1CCC2[C@@H]3CC=C4C[C@@H](O)CC[C@]4(C)C3CC[C@@]21C. The van der Waals surface area contributed by atoms with E-state index in [0.29, 0.717) is 16.7 Å². The highest BCUT2D eigenvalue weighted by Gasteiger charge is 2.59. The molecule has 2 unspecified atom stereocenters. The Morgan fingerprint density at radius 3 is 2.67 bits per heavy atom. The molecule has 24 heavy (non-hydrogen) atoms. The summed E-state index contributed by atoms with van der Waals surface area (Å²) in [5.41, 5.74) is 3.13. The Morgan fingerprint density at radius 2 is 1.92 bits per heavy atom. The zero-order chi connectivity index (χ0) is 17.1. The predicted molar refractivity (Wildman–Crippen MR) is 96.1 cm³/mol. The van der Waals surface area contributed by atoms with Crippen molar-refractivity contribution in [1.29, 1.82) is 0 Å². The standard InChI is InChI=1S/C21H33NO2/c1-13(22-24)17-6-7-18-16-5-4-14-12-15(23)8-10-20(14,2)19(16)9-11-21(17,18)3/h4,15-19,23-24H,5-12H2,1-3H3/b22-13+/t15-,16-,17+,18?,19?,20-,21+/m0/s1. The number of fused-ring (bicyclic) bond motifs is 5. The molecule has 3 saturated carbocycles. The second kappa shape index (κ2) is 5.59. The minimum Gasteiger partial charge on any atom is -0.411 e. The van der Waals surface area contributed by atoms with Crippen LogP contribution < -0.4 is 0 Å². The van der Waals surface area contributed by atoms with E-state index in [2.05, 4.69) is 25.1 Å². The van der Waals surface area contributed by atoms with Crippen molar-refractivity contribution in [2.75, 3.05) is 0 Å². The molecule has 0 spiro atoms. The largest absolute Gasteiger partial charge is 0.411 e. The van der Waals surface area contributed by atoms with Gasteiger partial charge in [0.05, 0.1) is 11.8 Å². The third kappa shape index (κ3) is 2.16. The summed E-state index contributed by atoms with van der Waals surface area (Å²) < 4.78 is 0. The molecule has 4 rings (SSSR count). The van der Waals surface area contributed by atoms with Gasteiger partial charge in [-0.1, -0.05) is 30.7 Å². The number of aliphatic hydroxyl groups is 1. The molecule has 4 aliphatic carbocycles. The first-order valence-corrected chi connectivity index (χ1v) is 9.96. The minimum absolute atomic E-state index is 0.117. The second-order valence-electron chi connectivity index (χ2n) is 9.57. The third-order valence-electron chi connectivity index (χ3n) is 8.74. The quantitative estimate of drug-likeness (QED) is 0.314. The van der Waals surface area contributed by atoms with Crippen molar-refractivity contribution in [3.63, 3.8) is 0 Å². The third-order valence-corrected chi connectivity index (χ3v) is 8.74. The number of oxime groups is 1. The highest BCUT2D eigenvalue weighted by atomic mass is 16.4. The molecule has 0 bridgehead atoms. The lowest BCUT2D eigenvalue weighted by Gasteiger charge is -2.58. The Bertz CT molecular complexity index is 582. The van der Waals surface area contributed by atoms with Crippen LogP contribution in [0.15, 0.2) is 16.8 Å². The lowest BCUT2D eigenvalue weighted by molar-refractivity contribution is -0.0425. The molecule has 3 nitrogen and oxygen atoms in total. The van der Waals surface area contributed by atoms with E-state index < -0.39 is 0 Å². The molecule has 0 heterocycles. The fourth-order valence-electron chi connectivity index (χ4n) is 7.40. The molecule has 3 heteroatoms. The smallest absolute Gasteiger partial charge is 0.0577 e. The molecule has 0 aromatic heterocycles. The number of nitrogens with zero attached hydrogens (tertiary/aromatic N) is 1. The van der Waals surface area contributed by atoms with Crippen LogP contribution in [-0.4, -0.2) is 22.1 Å². The number of hydrogen-bond donors (Lipinski definition) is 2. The van der Waals surface area contributed by atoms with E-state index in [9.17, 15) is 10.3 Å². The van der Waals surface area contributed by atoms with Gasteiger partial charge in [-0.05, 0) is 86.9 Å². The van der Waals surface area contributed by atoms with Gasteiger partial charge in [0, 0.05) is 5.92 Å². The van der Waals surface area contributed by atoms with Crippen molar-refractivity contribution in [2.45, 2.75) is 78.2 Å². The van der Waals surface area contributed by atoms with Crippen molar-refractivity contribution >= 4 is 5.71 Å². The average Bonchev–Trinajstić information content (AvgIpc) is 2.92. The van der Waals surface area contributed by atoms with Crippen LogP contribution in [0.1, 0.15) is 72.1 Å². The summed E-state index contributed by atoms with van der Waals surface area (Å²) in [5, 5.41) is 23.0. The topological polar surface area (TPSA) is 52.8 Å². The van der Waals surface area contributed by atoms with Crippen molar-refractivity contribution in [1.82, 2.24) is 0 Å². The van der Waals surface area contributed by atoms with Crippen LogP contribution in [-0.2, 0) is 0 Å². The Hall–Kier alpha value is -0.830. The molecular formula is C21H33NO2. The first kappa shape index (κ1) is 16.6. The van der Waals surface area contributed by atoms with Gasteiger partial charge in [-0.15, -0.1) is 0 Å². The van der Waals surface area contributed by atoms with Crippen LogP contribution in [0.3, 0.4) is 0 Å². The monoisotopic (exact) mass is 331 g/mol. The summed E-state index contributed by atoms with van der Waals surface area (Å²) in [6.45, 7) is 6.95. The molecule has 0 aliphatic heterocycles. The van der Waals surface area contributed by atoms with E-state index >= 15 is 0 Å². The molecule has 2 N–H and O–H groups in total. The van der Waals surface area contributed by atoms with E-state index in [4.69, 9.17) is 0 Å². The van der Waals surface area contributed by atoms with Gasteiger partial charge in [0.2, 0.25) is 0 Å². The highest BCUT2D eigenvalue weighted by molar-refractivity contribution is 5.85. The molecule has 0 aromatic carbocycles. The molecule has 7 atom stereocenters. The van der Waals surface area contributed by atoms with Gasteiger partial charge in [0.1, 0.15) is 0 Å².